The minimum atomic E-state index is -1.52. The Balaban J connectivity index is 1.38. The fraction of sp³-hybridized carbons (Fsp3) is 0.333. The molecule has 18 heteroatoms. The number of carbonyl (C=O) groups is 4. The summed E-state index contributed by atoms with van der Waals surface area (Å²) in [6.45, 7) is 3.32. The molecule has 4 N–H and O–H groups in total. The Labute approximate surface area is 232 Å². The number of thiazole rings is 1. The molecule has 0 unspecified atom stereocenters. The highest BCUT2D eigenvalue weighted by molar-refractivity contribution is 8.00. The zero-order valence-electron chi connectivity index (χ0n) is 20.4. The first-order valence-corrected chi connectivity index (χ1v) is 14.1. The SMILES string of the molecule is CCO/N=C(\C(=O)N[C@@H]1C(=O)N2C(C(=O)[O-])=C(C[n+]3cc4sccn4c3NC(C)=O)CS[C@H]12)c1nsc(N)n1. The zero-order chi connectivity index (χ0) is 27.8. The molecule has 0 spiro atoms. The molecule has 0 radical (unpaired) electrons. The van der Waals surface area contributed by atoms with Gasteiger partial charge in [-0.05, 0) is 12.5 Å². The second kappa shape index (κ2) is 10.6. The van der Waals surface area contributed by atoms with Gasteiger partial charge in [0, 0.05) is 29.6 Å². The maximum absolute atomic E-state index is 13.1. The lowest BCUT2D eigenvalue weighted by atomic mass is 10.0. The van der Waals surface area contributed by atoms with Gasteiger partial charge < -0.3 is 25.8 Å². The van der Waals surface area contributed by atoms with Crippen molar-refractivity contribution in [2.75, 3.05) is 23.4 Å². The van der Waals surface area contributed by atoms with Gasteiger partial charge in [0.2, 0.25) is 11.5 Å². The third-order valence-corrected chi connectivity index (χ3v) is 8.42. The molecule has 2 aliphatic rings. The summed E-state index contributed by atoms with van der Waals surface area (Å²) in [6, 6.07) is -1.02. The summed E-state index contributed by atoms with van der Waals surface area (Å²) in [5, 5.41) is 22.6. The highest BCUT2D eigenvalue weighted by atomic mass is 32.2. The topological polar surface area (TPSA) is 200 Å². The van der Waals surface area contributed by atoms with E-state index in [1.54, 1.807) is 28.3 Å². The highest BCUT2D eigenvalue weighted by Gasteiger charge is 2.53. The molecular weight excluding hydrogens is 570 g/mol. The normalized spacial score (nSPS) is 19.1. The molecule has 3 aromatic rings. The Kier molecular flexibility index (Phi) is 7.23. The minimum Gasteiger partial charge on any atom is -0.543 e. The Morgan fingerprint density at radius 1 is 1.38 bits per heavy atom. The van der Waals surface area contributed by atoms with E-state index in [9.17, 15) is 24.3 Å². The number of thioether (sulfide) groups is 1. The number of nitrogens with zero attached hydrogens (tertiary/aromatic N) is 6. The number of oxime groups is 1. The molecule has 2 aliphatic heterocycles. The fourth-order valence-corrected chi connectivity index (χ4v) is 6.70. The molecule has 0 aromatic carbocycles. The van der Waals surface area contributed by atoms with Gasteiger partial charge in [-0.3, -0.25) is 19.3 Å². The van der Waals surface area contributed by atoms with Gasteiger partial charge in [-0.1, -0.05) is 5.16 Å². The quantitative estimate of drug-likeness (QED) is 0.114. The van der Waals surface area contributed by atoms with Crippen LogP contribution in [0.3, 0.4) is 0 Å². The lowest BCUT2D eigenvalue weighted by molar-refractivity contribution is -0.673. The number of nitrogen functional groups attached to an aromatic ring is 1. The average Bonchev–Trinajstić information content (AvgIpc) is 3.60. The number of nitrogens with two attached hydrogens (primary N) is 1. The number of amides is 3. The summed E-state index contributed by atoms with van der Waals surface area (Å²) in [6.07, 6.45) is 3.57. The third kappa shape index (κ3) is 4.92. The predicted octanol–water partition coefficient (Wildman–Crippen LogP) is -1.47. The van der Waals surface area contributed by atoms with Crippen molar-refractivity contribution in [1.82, 2.24) is 24.0 Å². The van der Waals surface area contributed by atoms with Crippen LogP contribution >= 0.6 is 34.6 Å². The number of hydrogen-bond donors (Lipinski definition) is 3. The standard InChI is InChI=1S/C21H21N9O6S3/c1-3-36-26-12(15-25-20(22)39-27-15)16(32)24-13-17(33)30-14(19(34)35)10(8-38-18(13)30)6-28-7-11-29(4-5-37-11)21(28)23-9(2)31/h4-5,7,13,18H,3,6,8H2,1-2H3,(H4,22,24,25,27,32,34,35)/b26-12-/t13-,18-/m1/s1. The van der Waals surface area contributed by atoms with E-state index >= 15 is 0 Å². The average molecular weight is 592 g/mol. The molecule has 3 amide bonds. The number of carboxylic acid groups (broad SMARTS) is 1. The van der Waals surface area contributed by atoms with Crippen LogP contribution in [0.5, 0.6) is 0 Å². The molecule has 3 aromatic heterocycles. The summed E-state index contributed by atoms with van der Waals surface area (Å²) in [5.74, 6) is -2.56. The lowest BCUT2D eigenvalue weighted by Gasteiger charge is -2.50. The van der Waals surface area contributed by atoms with Crippen LogP contribution in [0.1, 0.15) is 19.7 Å². The molecule has 2 atom stereocenters. The first-order chi connectivity index (χ1) is 18.7. The van der Waals surface area contributed by atoms with Gasteiger partial charge in [0.1, 0.15) is 24.2 Å². The van der Waals surface area contributed by atoms with Crippen molar-refractivity contribution in [3.05, 3.63) is 34.9 Å². The number of β-lactam (4-membered cyclic amide) rings is 1. The monoisotopic (exact) mass is 591 g/mol. The number of carbonyl (C=O) groups excluding carboxylic acids is 4. The summed E-state index contributed by atoms with van der Waals surface area (Å²) >= 11 is 3.60. The molecule has 5 rings (SSSR count). The van der Waals surface area contributed by atoms with Gasteiger partial charge >= 0.3 is 5.95 Å². The van der Waals surface area contributed by atoms with Crippen LogP contribution in [0, 0.1) is 0 Å². The van der Waals surface area contributed by atoms with Crippen LogP contribution in [0.25, 0.3) is 4.83 Å². The minimum absolute atomic E-state index is 0.0551. The van der Waals surface area contributed by atoms with Crippen LogP contribution in [0.15, 0.2) is 34.2 Å². The number of carboxylic acids is 1. The molecule has 39 heavy (non-hydrogen) atoms. The van der Waals surface area contributed by atoms with Crippen molar-refractivity contribution in [2.24, 2.45) is 5.16 Å². The number of imidazole rings is 1. The number of nitrogens with one attached hydrogen (secondary N) is 2. The third-order valence-electron chi connectivity index (χ3n) is 5.73. The second-order valence-electron chi connectivity index (χ2n) is 8.29. The number of hydrogen-bond acceptors (Lipinski definition) is 13. The van der Waals surface area contributed by atoms with Crippen LogP contribution in [0.4, 0.5) is 11.1 Å². The maximum Gasteiger partial charge on any atom is 0.370 e. The van der Waals surface area contributed by atoms with Gasteiger partial charge in [-0.2, -0.15) is 13.8 Å². The van der Waals surface area contributed by atoms with Crippen molar-refractivity contribution in [2.45, 2.75) is 31.8 Å². The first-order valence-electron chi connectivity index (χ1n) is 11.4. The molecule has 15 nitrogen and oxygen atoms in total. The summed E-state index contributed by atoms with van der Waals surface area (Å²) < 4.78 is 7.46. The number of rotatable bonds is 9. The molecule has 1 fully saturated rings. The predicted molar refractivity (Wildman–Crippen MR) is 139 cm³/mol. The molecule has 0 saturated carbocycles. The zero-order valence-corrected chi connectivity index (χ0v) is 22.9. The molecule has 204 valence electrons. The largest absolute Gasteiger partial charge is 0.543 e. The van der Waals surface area contributed by atoms with Crippen molar-refractivity contribution in [3.63, 3.8) is 0 Å². The second-order valence-corrected chi connectivity index (χ2v) is 11.1. The van der Waals surface area contributed by atoms with Crippen molar-refractivity contribution in [3.8, 4) is 0 Å². The van der Waals surface area contributed by atoms with Gasteiger partial charge in [-0.15, -0.1) is 23.1 Å². The number of aliphatic carboxylic acids is 1. The maximum atomic E-state index is 13.1. The van der Waals surface area contributed by atoms with Gasteiger partial charge in [0.15, 0.2) is 9.96 Å². The van der Waals surface area contributed by atoms with E-state index in [1.165, 1.54) is 30.0 Å². The Bertz CT molecular complexity index is 1560. The Morgan fingerprint density at radius 3 is 2.85 bits per heavy atom. The van der Waals surface area contributed by atoms with E-state index in [0.717, 1.165) is 21.3 Å². The number of anilines is 2. The van der Waals surface area contributed by atoms with Gasteiger partial charge in [-0.25, -0.2) is 9.88 Å². The Morgan fingerprint density at radius 2 is 2.18 bits per heavy atom. The van der Waals surface area contributed by atoms with Crippen molar-refractivity contribution < 1.29 is 33.7 Å². The van der Waals surface area contributed by atoms with E-state index in [0.29, 0.717) is 11.5 Å². The smallest absolute Gasteiger partial charge is 0.370 e. The van der Waals surface area contributed by atoms with E-state index in [4.69, 9.17) is 10.6 Å². The van der Waals surface area contributed by atoms with E-state index in [-0.39, 0.29) is 47.2 Å². The number of fused-ring (bicyclic) bond motifs is 2. The highest BCUT2D eigenvalue weighted by Crippen LogP contribution is 2.40. The first kappa shape index (κ1) is 26.6. The summed E-state index contributed by atoms with van der Waals surface area (Å²) in [7, 11) is 0. The summed E-state index contributed by atoms with van der Waals surface area (Å²) in [4.78, 5) is 61.0. The van der Waals surface area contributed by atoms with E-state index in [1.807, 2.05) is 5.38 Å². The summed E-state index contributed by atoms with van der Waals surface area (Å²) in [5.41, 5.74) is 5.52. The molecular formula is C21H21N9O6S3. The molecule has 0 aliphatic carbocycles. The van der Waals surface area contributed by atoms with Crippen LogP contribution in [0.2, 0.25) is 0 Å². The molecule has 0 bridgehead atoms. The van der Waals surface area contributed by atoms with Crippen LogP contribution in [-0.2, 0) is 30.6 Å². The van der Waals surface area contributed by atoms with E-state index < -0.39 is 29.2 Å². The van der Waals surface area contributed by atoms with Gasteiger partial charge in [0.25, 0.3) is 17.7 Å². The van der Waals surface area contributed by atoms with Crippen LogP contribution < -0.4 is 26.0 Å². The number of aromatic nitrogens is 4. The van der Waals surface area contributed by atoms with Gasteiger partial charge in [0.05, 0.1) is 24.4 Å². The Hall–Kier alpha value is -4.03. The van der Waals surface area contributed by atoms with E-state index in [2.05, 4.69) is 25.1 Å². The van der Waals surface area contributed by atoms with Crippen molar-refractivity contribution in [1.29, 1.82) is 0 Å². The lowest BCUT2D eigenvalue weighted by Crippen LogP contribution is -2.71. The molecule has 5 heterocycles. The molecule has 1 saturated heterocycles. The van der Waals surface area contributed by atoms with Crippen molar-refractivity contribution >= 4 is 79.9 Å². The fourth-order valence-electron chi connectivity index (χ4n) is 4.15. The van der Waals surface area contributed by atoms with Crippen LogP contribution in [-0.4, -0.2) is 71.8 Å².